The lowest BCUT2D eigenvalue weighted by atomic mass is 10.1. The molecule has 0 amide bonds. The van der Waals surface area contributed by atoms with E-state index in [2.05, 4.69) is 26.0 Å². The molecule has 120 valence electrons. The number of nitrogens with zero attached hydrogens (tertiary/aromatic N) is 3. The zero-order valence-corrected chi connectivity index (χ0v) is 14.6. The van der Waals surface area contributed by atoms with Crippen LogP contribution < -0.4 is 9.47 Å². The second-order valence-corrected chi connectivity index (χ2v) is 5.81. The summed E-state index contributed by atoms with van der Waals surface area (Å²) in [6, 6.07) is 7.77. The number of hydrogen-bond acceptors (Lipinski definition) is 5. The van der Waals surface area contributed by atoms with Gasteiger partial charge in [0.2, 0.25) is 5.88 Å². The van der Waals surface area contributed by atoms with Crippen LogP contribution in [0.4, 0.5) is 0 Å². The number of benzene rings is 1. The summed E-state index contributed by atoms with van der Waals surface area (Å²) in [7, 11) is 5.05. The third-order valence-corrected chi connectivity index (χ3v) is 3.98. The molecule has 0 aliphatic carbocycles. The van der Waals surface area contributed by atoms with Crippen LogP contribution in [0.5, 0.6) is 11.6 Å². The van der Waals surface area contributed by atoms with Gasteiger partial charge in [-0.15, -0.1) is 0 Å². The topological polar surface area (TPSA) is 58.4 Å². The lowest BCUT2D eigenvalue weighted by Crippen LogP contribution is -2.00. The molecule has 0 atom stereocenters. The van der Waals surface area contributed by atoms with Crippen molar-refractivity contribution in [2.45, 2.75) is 0 Å². The quantitative estimate of drug-likeness (QED) is 0.637. The van der Waals surface area contributed by atoms with Crippen molar-refractivity contribution in [1.29, 1.82) is 0 Å². The Hall–Kier alpha value is -2.12. The second kappa shape index (κ2) is 6.55. The van der Waals surface area contributed by atoms with Crippen LogP contribution in [0.25, 0.3) is 22.2 Å². The van der Waals surface area contributed by atoms with Crippen LogP contribution in [-0.2, 0) is 11.8 Å². The fourth-order valence-corrected chi connectivity index (χ4v) is 2.67. The van der Waals surface area contributed by atoms with E-state index in [4.69, 9.17) is 14.2 Å². The summed E-state index contributed by atoms with van der Waals surface area (Å²) in [5.74, 6) is 1.19. The summed E-state index contributed by atoms with van der Waals surface area (Å²) in [5.41, 5.74) is 2.45. The highest BCUT2D eigenvalue weighted by Gasteiger charge is 2.13. The number of pyridine rings is 1. The fraction of sp³-hybridized carbons (Fsp3) is 0.250. The maximum absolute atomic E-state index is 5.55. The lowest BCUT2D eigenvalue weighted by Gasteiger charge is -2.10. The maximum atomic E-state index is 5.55. The number of halogens is 1. The summed E-state index contributed by atoms with van der Waals surface area (Å²) in [5, 5.41) is 5.34. The minimum atomic E-state index is 0.181. The molecular formula is C16H16BrN3O3. The van der Waals surface area contributed by atoms with Gasteiger partial charge in [-0.25, -0.2) is 4.98 Å². The standard InChI is InChI=1S/C16H16BrN3O3/c1-20-8-11-6-13(18-16(22-3)15(11)19-20)10-4-5-12(17)14(7-10)23-9-21-2/h4-8H,9H2,1-3H3. The minimum Gasteiger partial charge on any atom is -0.479 e. The van der Waals surface area contributed by atoms with Crippen LogP contribution in [0, 0.1) is 0 Å². The molecule has 0 fully saturated rings. The van der Waals surface area contributed by atoms with Crippen LogP contribution in [-0.4, -0.2) is 35.8 Å². The zero-order valence-electron chi connectivity index (χ0n) is 13.0. The highest BCUT2D eigenvalue weighted by molar-refractivity contribution is 9.10. The number of methoxy groups -OCH3 is 2. The Balaban J connectivity index is 2.09. The first-order valence-corrected chi connectivity index (χ1v) is 7.71. The first-order valence-electron chi connectivity index (χ1n) is 6.92. The lowest BCUT2D eigenvalue weighted by molar-refractivity contribution is 0.0506. The highest BCUT2D eigenvalue weighted by Crippen LogP contribution is 2.33. The van der Waals surface area contributed by atoms with Gasteiger partial charge in [-0.3, -0.25) is 4.68 Å². The number of ether oxygens (including phenoxy) is 3. The molecule has 0 bridgehead atoms. The SMILES string of the molecule is COCOc1cc(-c2cc3cn(C)nc3c(OC)n2)ccc1Br. The van der Waals surface area contributed by atoms with Gasteiger partial charge in [0, 0.05) is 31.3 Å². The number of rotatable bonds is 5. The Bertz CT molecular complexity index is 848. The molecule has 3 aromatic rings. The Labute approximate surface area is 142 Å². The van der Waals surface area contributed by atoms with E-state index in [9.17, 15) is 0 Å². The van der Waals surface area contributed by atoms with Crippen molar-refractivity contribution in [3.8, 4) is 22.9 Å². The molecule has 0 saturated heterocycles. The first kappa shape index (κ1) is 15.8. The summed E-state index contributed by atoms with van der Waals surface area (Å²) < 4.78 is 18.5. The molecular weight excluding hydrogens is 362 g/mol. The second-order valence-electron chi connectivity index (χ2n) is 4.95. The molecule has 0 saturated carbocycles. The number of hydrogen-bond donors (Lipinski definition) is 0. The zero-order chi connectivity index (χ0) is 16.4. The highest BCUT2D eigenvalue weighted by atomic mass is 79.9. The van der Waals surface area contributed by atoms with E-state index in [1.54, 1.807) is 18.9 Å². The van der Waals surface area contributed by atoms with Crippen molar-refractivity contribution in [3.05, 3.63) is 34.9 Å². The molecule has 1 aromatic carbocycles. The van der Waals surface area contributed by atoms with Crippen molar-refractivity contribution in [2.75, 3.05) is 21.0 Å². The third-order valence-electron chi connectivity index (χ3n) is 3.33. The molecule has 0 unspecified atom stereocenters. The minimum absolute atomic E-state index is 0.181. The van der Waals surface area contributed by atoms with Gasteiger partial charge in [-0.05, 0) is 34.1 Å². The van der Waals surface area contributed by atoms with Crippen molar-refractivity contribution in [3.63, 3.8) is 0 Å². The molecule has 0 N–H and O–H groups in total. The number of fused-ring (bicyclic) bond motifs is 1. The van der Waals surface area contributed by atoms with Crippen molar-refractivity contribution < 1.29 is 14.2 Å². The molecule has 2 heterocycles. The molecule has 0 aliphatic rings. The van der Waals surface area contributed by atoms with E-state index >= 15 is 0 Å². The molecule has 0 radical (unpaired) electrons. The van der Waals surface area contributed by atoms with E-state index in [-0.39, 0.29) is 6.79 Å². The van der Waals surface area contributed by atoms with Crippen LogP contribution in [0.2, 0.25) is 0 Å². The summed E-state index contributed by atoms with van der Waals surface area (Å²) in [4.78, 5) is 4.55. The van der Waals surface area contributed by atoms with E-state index in [0.717, 1.165) is 26.6 Å². The van der Waals surface area contributed by atoms with Crippen LogP contribution in [0.15, 0.2) is 34.9 Å². The molecule has 0 spiro atoms. The Morgan fingerprint density at radius 3 is 2.78 bits per heavy atom. The van der Waals surface area contributed by atoms with Gasteiger partial charge in [0.1, 0.15) is 5.75 Å². The monoisotopic (exact) mass is 377 g/mol. The van der Waals surface area contributed by atoms with E-state index in [0.29, 0.717) is 11.6 Å². The van der Waals surface area contributed by atoms with E-state index < -0.39 is 0 Å². The Morgan fingerprint density at radius 2 is 2.04 bits per heavy atom. The average molecular weight is 378 g/mol. The van der Waals surface area contributed by atoms with E-state index in [1.165, 1.54) is 0 Å². The van der Waals surface area contributed by atoms with Gasteiger partial charge in [0.25, 0.3) is 0 Å². The van der Waals surface area contributed by atoms with Gasteiger partial charge in [-0.1, -0.05) is 6.07 Å². The summed E-state index contributed by atoms with van der Waals surface area (Å²) in [6.07, 6.45) is 1.93. The van der Waals surface area contributed by atoms with Gasteiger partial charge in [0.05, 0.1) is 17.3 Å². The summed E-state index contributed by atoms with van der Waals surface area (Å²) in [6.45, 7) is 0.181. The van der Waals surface area contributed by atoms with E-state index in [1.807, 2.05) is 37.5 Å². The van der Waals surface area contributed by atoms with Crippen LogP contribution in [0.3, 0.4) is 0 Å². The number of aromatic nitrogens is 3. The smallest absolute Gasteiger partial charge is 0.242 e. The normalized spacial score (nSPS) is 11.0. The molecule has 3 rings (SSSR count). The number of aryl methyl sites for hydroxylation is 1. The van der Waals surface area contributed by atoms with Gasteiger partial charge < -0.3 is 14.2 Å². The van der Waals surface area contributed by atoms with Crippen molar-refractivity contribution in [2.24, 2.45) is 7.05 Å². The molecule has 7 heteroatoms. The molecule has 23 heavy (non-hydrogen) atoms. The van der Waals surface area contributed by atoms with Gasteiger partial charge >= 0.3 is 0 Å². The molecule has 2 aromatic heterocycles. The Kier molecular flexibility index (Phi) is 4.49. The van der Waals surface area contributed by atoms with Gasteiger partial charge in [-0.2, -0.15) is 5.10 Å². The third kappa shape index (κ3) is 3.16. The molecule has 0 aliphatic heterocycles. The van der Waals surface area contributed by atoms with Crippen LogP contribution in [0.1, 0.15) is 0 Å². The Morgan fingerprint density at radius 1 is 1.22 bits per heavy atom. The predicted octanol–water partition coefficient (Wildman–Crippen LogP) is 3.39. The molecule has 6 nitrogen and oxygen atoms in total. The van der Waals surface area contributed by atoms with Crippen LogP contribution >= 0.6 is 15.9 Å². The first-order chi connectivity index (χ1) is 11.1. The van der Waals surface area contributed by atoms with Crippen molar-refractivity contribution >= 4 is 26.8 Å². The summed E-state index contributed by atoms with van der Waals surface area (Å²) >= 11 is 3.47. The fourth-order valence-electron chi connectivity index (χ4n) is 2.31. The predicted molar refractivity (Wildman–Crippen MR) is 90.7 cm³/mol. The average Bonchev–Trinajstić information content (AvgIpc) is 2.93. The van der Waals surface area contributed by atoms with Crippen molar-refractivity contribution in [1.82, 2.24) is 14.8 Å². The maximum Gasteiger partial charge on any atom is 0.242 e. The largest absolute Gasteiger partial charge is 0.479 e. The van der Waals surface area contributed by atoms with Gasteiger partial charge in [0.15, 0.2) is 12.3 Å².